The summed E-state index contributed by atoms with van der Waals surface area (Å²) in [6.07, 6.45) is 3.67. The molecule has 0 amide bonds. The van der Waals surface area contributed by atoms with Crippen LogP contribution in [0.3, 0.4) is 0 Å². The number of fused-ring (bicyclic) bond motifs is 1. The van der Waals surface area contributed by atoms with Gasteiger partial charge in [-0.1, -0.05) is 77.1 Å². The Balaban J connectivity index is 1.68. The molecule has 32 heavy (non-hydrogen) atoms. The molecule has 0 aliphatic heterocycles. The Bertz CT molecular complexity index is 1220. The van der Waals surface area contributed by atoms with E-state index in [2.05, 4.69) is 75.5 Å². The molecule has 1 aromatic heterocycles. The van der Waals surface area contributed by atoms with Crippen molar-refractivity contribution in [2.24, 2.45) is 5.10 Å². The summed E-state index contributed by atoms with van der Waals surface area (Å²) in [4.78, 5) is 0. The van der Waals surface area contributed by atoms with Crippen LogP contribution in [0, 0.1) is 0 Å². The lowest BCUT2D eigenvalue weighted by Gasteiger charge is -2.10. The Morgan fingerprint density at radius 1 is 1.03 bits per heavy atom. The van der Waals surface area contributed by atoms with Crippen molar-refractivity contribution in [1.29, 1.82) is 0 Å². The largest absolute Gasteiger partial charge is 0.493 e. The third kappa shape index (κ3) is 5.22. The van der Waals surface area contributed by atoms with Crippen molar-refractivity contribution in [3.63, 3.8) is 0 Å². The van der Waals surface area contributed by atoms with Gasteiger partial charge in [0.15, 0.2) is 5.82 Å². The van der Waals surface area contributed by atoms with Crippen molar-refractivity contribution in [2.45, 2.75) is 37.6 Å². The van der Waals surface area contributed by atoms with Crippen LogP contribution >= 0.6 is 27.7 Å². The fraction of sp³-hybridized carbons (Fsp3) is 0.240. The highest BCUT2D eigenvalue weighted by atomic mass is 79.9. The summed E-state index contributed by atoms with van der Waals surface area (Å²) in [5.41, 5.74) is 2.19. The molecule has 0 bridgehead atoms. The summed E-state index contributed by atoms with van der Waals surface area (Å²) in [5.74, 6) is 2.48. The van der Waals surface area contributed by atoms with E-state index in [1.54, 1.807) is 11.8 Å². The van der Waals surface area contributed by atoms with Gasteiger partial charge in [0.1, 0.15) is 5.75 Å². The minimum atomic E-state index is 0.598. The number of aryl methyl sites for hydroxylation is 1. The van der Waals surface area contributed by atoms with Gasteiger partial charge in [-0.05, 0) is 47.9 Å². The van der Waals surface area contributed by atoms with E-state index in [0.717, 1.165) is 56.1 Å². The van der Waals surface area contributed by atoms with Crippen LogP contribution in [0.2, 0.25) is 0 Å². The summed E-state index contributed by atoms with van der Waals surface area (Å²) in [7, 11) is 0. The second-order valence-corrected chi connectivity index (χ2v) is 9.11. The van der Waals surface area contributed by atoms with E-state index < -0.39 is 0 Å². The zero-order chi connectivity index (χ0) is 22.3. The number of rotatable bonds is 9. The monoisotopic (exact) mass is 508 g/mol. The highest BCUT2D eigenvalue weighted by molar-refractivity contribution is 9.10. The Kier molecular flexibility index (Phi) is 7.60. The van der Waals surface area contributed by atoms with E-state index in [-0.39, 0.29) is 0 Å². The predicted molar refractivity (Wildman–Crippen MR) is 136 cm³/mol. The van der Waals surface area contributed by atoms with Crippen LogP contribution in [0.1, 0.15) is 37.2 Å². The molecule has 3 aromatic carbocycles. The Morgan fingerprint density at radius 3 is 2.62 bits per heavy atom. The molecule has 164 valence electrons. The first-order chi connectivity index (χ1) is 15.7. The minimum absolute atomic E-state index is 0.598. The molecule has 0 N–H and O–H groups in total. The zero-order valence-electron chi connectivity index (χ0n) is 18.2. The van der Waals surface area contributed by atoms with Crippen molar-refractivity contribution >= 4 is 44.7 Å². The van der Waals surface area contributed by atoms with Crippen LogP contribution in [0.5, 0.6) is 5.75 Å². The van der Waals surface area contributed by atoms with Gasteiger partial charge in [-0.2, -0.15) is 9.78 Å². The molecular weight excluding hydrogens is 484 g/mol. The van der Waals surface area contributed by atoms with E-state index in [0.29, 0.717) is 6.61 Å². The first-order valence-corrected chi connectivity index (χ1v) is 12.5. The van der Waals surface area contributed by atoms with E-state index in [4.69, 9.17) is 9.84 Å². The van der Waals surface area contributed by atoms with Crippen LogP contribution in [0.15, 0.2) is 75.4 Å². The van der Waals surface area contributed by atoms with Gasteiger partial charge in [-0.15, -0.1) is 10.2 Å². The lowest BCUT2D eigenvalue weighted by molar-refractivity contribution is 0.340. The topological polar surface area (TPSA) is 52.3 Å². The Labute approximate surface area is 201 Å². The third-order valence-corrected chi connectivity index (χ3v) is 6.48. The van der Waals surface area contributed by atoms with Gasteiger partial charge in [0.25, 0.3) is 0 Å². The van der Waals surface area contributed by atoms with Gasteiger partial charge in [-0.25, -0.2) is 0 Å². The molecule has 1 heterocycles. The summed E-state index contributed by atoms with van der Waals surface area (Å²) < 4.78 is 8.84. The van der Waals surface area contributed by atoms with Gasteiger partial charge in [0, 0.05) is 22.2 Å². The zero-order valence-corrected chi connectivity index (χ0v) is 20.6. The molecule has 0 saturated carbocycles. The van der Waals surface area contributed by atoms with E-state index in [1.165, 1.54) is 5.56 Å². The summed E-state index contributed by atoms with van der Waals surface area (Å²) in [5, 5.41) is 16.7. The van der Waals surface area contributed by atoms with Gasteiger partial charge >= 0.3 is 0 Å². The first kappa shape index (κ1) is 22.6. The van der Waals surface area contributed by atoms with Gasteiger partial charge in [-0.3, -0.25) is 0 Å². The number of hydrogen-bond acceptors (Lipinski definition) is 5. The number of hydrogen-bond donors (Lipinski definition) is 0. The Hall–Kier alpha value is -2.64. The molecule has 0 radical (unpaired) electrons. The highest BCUT2D eigenvalue weighted by Crippen LogP contribution is 2.28. The van der Waals surface area contributed by atoms with Crippen LogP contribution in [0.25, 0.3) is 10.8 Å². The second kappa shape index (κ2) is 10.8. The van der Waals surface area contributed by atoms with E-state index in [9.17, 15) is 0 Å². The SMILES string of the molecule is CCCc1nnc(SCc2ccc(Br)cc2)n1/N=C/c1c(OCC)ccc2ccccc12. The smallest absolute Gasteiger partial charge is 0.212 e. The van der Waals surface area contributed by atoms with Crippen molar-refractivity contribution in [1.82, 2.24) is 14.9 Å². The number of nitrogens with zero attached hydrogens (tertiary/aromatic N) is 4. The highest BCUT2D eigenvalue weighted by Gasteiger charge is 2.13. The molecule has 0 spiro atoms. The minimum Gasteiger partial charge on any atom is -0.493 e. The molecule has 4 aromatic rings. The molecule has 0 fully saturated rings. The normalized spacial score (nSPS) is 11.5. The molecule has 0 saturated heterocycles. The van der Waals surface area contributed by atoms with Crippen LogP contribution in [-0.4, -0.2) is 27.7 Å². The summed E-state index contributed by atoms with van der Waals surface area (Å²) in [6, 6.07) is 20.7. The van der Waals surface area contributed by atoms with Gasteiger partial charge < -0.3 is 4.74 Å². The number of aromatic nitrogens is 3. The average molecular weight is 509 g/mol. The summed E-state index contributed by atoms with van der Waals surface area (Å²) in [6.45, 7) is 4.72. The maximum absolute atomic E-state index is 5.90. The lowest BCUT2D eigenvalue weighted by Crippen LogP contribution is -2.02. The van der Waals surface area contributed by atoms with Crippen LogP contribution in [-0.2, 0) is 12.2 Å². The van der Waals surface area contributed by atoms with Crippen molar-refractivity contribution in [3.8, 4) is 5.75 Å². The Morgan fingerprint density at radius 2 is 1.84 bits per heavy atom. The number of thioether (sulfide) groups is 1. The molecule has 5 nitrogen and oxygen atoms in total. The molecule has 0 aliphatic carbocycles. The maximum Gasteiger partial charge on any atom is 0.212 e. The average Bonchev–Trinajstić information content (AvgIpc) is 3.19. The number of ether oxygens (including phenoxy) is 1. The summed E-state index contributed by atoms with van der Waals surface area (Å²) >= 11 is 5.12. The quantitative estimate of drug-likeness (QED) is 0.186. The van der Waals surface area contributed by atoms with Crippen molar-refractivity contribution in [3.05, 3.63) is 82.1 Å². The second-order valence-electron chi connectivity index (χ2n) is 7.25. The van der Waals surface area contributed by atoms with Gasteiger partial charge in [0.2, 0.25) is 5.16 Å². The predicted octanol–water partition coefficient (Wildman–Crippen LogP) is 6.72. The fourth-order valence-corrected chi connectivity index (χ4v) is 4.54. The third-order valence-electron chi connectivity index (χ3n) is 4.96. The van der Waals surface area contributed by atoms with Gasteiger partial charge in [0.05, 0.1) is 12.8 Å². The number of benzene rings is 3. The van der Waals surface area contributed by atoms with Crippen molar-refractivity contribution < 1.29 is 4.74 Å². The first-order valence-electron chi connectivity index (χ1n) is 10.7. The molecule has 0 unspecified atom stereocenters. The molecule has 4 rings (SSSR count). The van der Waals surface area contributed by atoms with Crippen molar-refractivity contribution in [2.75, 3.05) is 6.61 Å². The fourth-order valence-electron chi connectivity index (χ4n) is 3.42. The van der Waals surface area contributed by atoms with E-state index in [1.807, 2.05) is 36.0 Å². The molecule has 0 atom stereocenters. The van der Waals surface area contributed by atoms with Crippen LogP contribution < -0.4 is 4.74 Å². The maximum atomic E-state index is 5.90. The van der Waals surface area contributed by atoms with E-state index >= 15 is 0 Å². The lowest BCUT2D eigenvalue weighted by atomic mass is 10.0. The molecule has 0 aliphatic rings. The molecular formula is C25H25BrN4OS. The van der Waals surface area contributed by atoms with Crippen LogP contribution in [0.4, 0.5) is 0 Å². The molecule has 7 heteroatoms. The standard InChI is InChI=1S/C25H25BrN4OS/c1-3-7-24-28-29-25(32-17-18-10-13-20(26)14-11-18)30(24)27-16-22-21-9-6-5-8-19(21)12-15-23(22)31-4-2/h5-6,8-16H,3-4,7,17H2,1-2H3/b27-16+. The number of halogens is 1.